The minimum absolute atomic E-state index is 0.144. The van der Waals surface area contributed by atoms with E-state index in [1.54, 1.807) is 0 Å². The van der Waals surface area contributed by atoms with Gasteiger partial charge in [-0.15, -0.1) is 0 Å². The van der Waals surface area contributed by atoms with Crippen molar-refractivity contribution in [2.75, 3.05) is 10.6 Å². The average molecular weight is 393 g/mol. The summed E-state index contributed by atoms with van der Waals surface area (Å²) in [6.07, 6.45) is -3.38. The molecule has 2 N–H and O–H groups in total. The summed E-state index contributed by atoms with van der Waals surface area (Å²) in [4.78, 5) is 16.0. The van der Waals surface area contributed by atoms with Crippen molar-refractivity contribution in [3.8, 4) is 0 Å². The van der Waals surface area contributed by atoms with Gasteiger partial charge in [0.15, 0.2) is 0 Å². The number of carbonyl (C=O) groups is 1. The number of amides is 1. The summed E-state index contributed by atoms with van der Waals surface area (Å²) in [5.41, 5.74) is -1.84. The highest BCUT2D eigenvalue weighted by atomic mass is 19.4. The van der Waals surface area contributed by atoms with Crippen molar-refractivity contribution in [3.05, 3.63) is 83.7 Å². The van der Waals surface area contributed by atoms with Gasteiger partial charge in [-0.3, -0.25) is 9.78 Å². The van der Waals surface area contributed by atoms with Crippen molar-refractivity contribution in [1.29, 1.82) is 0 Å². The highest BCUT2D eigenvalue weighted by molar-refractivity contribution is 6.03. The van der Waals surface area contributed by atoms with Crippen LogP contribution in [0.3, 0.4) is 0 Å². The molecule has 0 saturated carbocycles. The molecule has 28 heavy (non-hydrogen) atoms. The largest absolute Gasteiger partial charge is 0.418 e. The smallest absolute Gasteiger partial charge is 0.355 e. The molecule has 0 fully saturated rings. The van der Waals surface area contributed by atoms with Crippen molar-refractivity contribution >= 4 is 23.0 Å². The van der Waals surface area contributed by atoms with Crippen LogP contribution in [0.4, 0.5) is 39.0 Å². The zero-order chi connectivity index (χ0) is 20.3. The van der Waals surface area contributed by atoms with Crippen molar-refractivity contribution in [1.82, 2.24) is 4.98 Å². The molecule has 1 aromatic heterocycles. The number of benzene rings is 2. The van der Waals surface area contributed by atoms with E-state index in [-0.39, 0.29) is 17.1 Å². The lowest BCUT2D eigenvalue weighted by Gasteiger charge is -2.14. The zero-order valence-corrected chi connectivity index (χ0v) is 14.0. The number of nitrogens with one attached hydrogen (secondary N) is 2. The van der Waals surface area contributed by atoms with E-state index in [4.69, 9.17) is 0 Å². The van der Waals surface area contributed by atoms with Crippen LogP contribution in [-0.4, -0.2) is 10.9 Å². The summed E-state index contributed by atoms with van der Waals surface area (Å²) < 4.78 is 66.6. The van der Waals surface area contributed by atoms with Crippen LogP contribution < -0.4 is 10.6 Å². The number of carbonyl (C=O) groups excluding carboxylic acids is 1. The molecule has 0 unspecified atom stereocenters. The van der Waals surface area contributed by atoms with Crippen LogP contribution in [0.15, 0.2) is 60.8 Å². The van der Waals surface area contributed by atoms with Crippen LogP contribution in [-0.2, 0) is 6.18 Å². The minimum Gasteiger partial charge on any atom is -0.355 e. The first-order valence-corrected chi connectivity index (χ1v) is 7.90. The molecule has 1 heterocycles. The molecule has 3 rings (SSSR count). The summed E-state index contributed by atoms with van der Waals surface area (Å²) in [7, 11) is 0. The number of hydrogen-bond acceptors (Lipinski definition) is 3. The number of aromatic nitrogens is 1. The Balaban J connectivity index is 1.85. The van der Waals surface area contributed by atoms with Gasteiger partial charge in [-0.05, 0) is 36.4 Å². The highest BCUT2D eigenvalue weighted by Crippen LogP contribution is 2.35. The van der Waals surface area contributed by atoms with Crippen LogP contribution in [0.5, 0.6) is 0 Å². The van der Waals surface area contributed by atoms with Gasteiger partial charge < -0.3 is 10.6 Å². The van der Waals surface area contributed by atoms with E-state index >= 15 is 0 Å². The molecule has 0 aliphatic rings. The summed E-state index contributed by atoms with van der Waals surface area (Å²) >= 11 is 0. The lowest BCUT2D eigenvalue weighted by molar-refractivity contribution is -0.136. The van der Waals surface area contributed by atoms with Crippen LogP contribution in [0.25, 0.3) is 0 Å². The van der Waals surface area contributed by atoms with Gasteiger partial charge in [0.2, 0.25) is 0 Å². The maximum absolute atomic E-state index is 13.7. The number of pyridine rings is 1. The summed E-state index contributed by atoms with van der Waals surface area (Å²) in [6, 6.07) is 10.4. The van der Waals surface area contributed by atoms with E-state index in [1.807, 2.05) is 0 Å². The summed E-state index contributed by atoms with van der Waals surface area (Å²) in [6.45, 7) is 0. The number of alkyl halides is 3. The molecule has 0 bridgehead atoms. The maximum Gasteiger partial charge on any atom is 0.418 e. The van der Waals surface area contributed by atoms with E-state index in [1.165, 1.54) is 36.5 Å². The van der Waals surface area contributed by atoms with Gasteiger partial charge in [-0.2, -0.15) is 13.2 Å². The fourth-order valence-corrected chi connectivity index (χ4v) is 2.42. The topological polar surface area (TPSA) is 54.0 Å². The second-order valence-electron chi connectivity index (χ2n) is 5.65. The Morgan fingerprint density at radius 2 is 1.61 bits per heavy atom. The van der Waals surface area contributed by atoms with Crippen molar-refractivity contribution in [2.24, 2.45) is 0 Å². The van der Waals surface area contributed by atoms with Gasteiger partial charge in [-0.25, -0.2) is 8.78 Å². The second-order valence-corrected chi connectivity index (χ2v) is 5.65. The third-order valence-electron chi connectivity index (χ3n) is 3.71. The first-order chi connectivity index (χ1) is 13.3. The van der Waals surface area contributed by atoms with Crippen molar-refractivity contribution in [3.63, 3.8) is 0 Å². The first kappa shape index (κ1) is 19.3. The predicted molar refractivity (Wildman–Crippen MR) is 93.3 cm³/mol. The normalized spacial score (nSPS) is 11.2. The quantitative estimate of drug-likeness (QED) is 0.586. The third-order valence-corrected chi connectivity index (χ3v) is 3.71. The van der Waals surface area contributed by atoms with Gasteiger partial charge in [-0.1, -0.05) is 18.2 Å². The number of rotatable bonds is 4. The fourth-order valence-electron chi connectivity index (χ4n) is 2.42. The molecule has 0 aliphatic heterocycles. The van der Waals surface area contributed by atoms with Crippen LogP contribution in [0, 0.1) is 11.6 Å². The Morgan fingerprint density at radius 3 is 2.29 bits per heavy atom. The third kappa shape index (κ3) is 4.25. The van der Waals surface area contributed by atoms with E-state index in [2.05, 4.69) is 15.6 Å². The number of anilines is 3. The van der Waals surface area contributed by atoms with Gasteiger partial charge >= 0.3 is 6.18 Å². The number of hydrogen-bond donors (Lipinski definition) is 2. The van der Waals surface area contributed by atoms with E-state index in [9.17, 15) is 26.7 Å². The fraction of sp³-hybridized carbons (Fsp3) is 0.0526. The van der Waals surface area contributed by atoms with Crippen LogP contribution in [0.2, 0.25) is 0 Å². The standard InChI is InChI=1S/C19H12F5N3O/c20-13-5-3-6-14(21)17(13)27-18(28)16-10-11(8-9-25-16)26-15-7-2-1-4-12(15)19(22,23)24/h1-10H,(H,25,26)(H,27,28). The average Bonchev–Trinajstić information content (AvgIpc) is 2.64. The minimum atomic E-state index is -4.57. The Hall–Kier alpha value is -3.49. The van der Waals surface area contributed by atoms with E-state index in [0.29, 0.717) is 0 Å². The van der Waals surface area contributed by atoms with Crippen molar-refractivity contribution < 1.29 is 26.7 Å². The Bertz CT molecular complexity index is 1000. The lowest BCUT2D eigenvalue weighted by atomic mass is 10.1. The maximum atomic E-state index is 13.7. The highest BCUT2D eigenvalue weighted by Gasteiger charge is 2.33. The Morgan fingerprint density at radius 1 is 0.929 bits per heavy atom. The Kier molecular flexibility index (Phi) is 5.25. The molecule has 0 spiro atoms. The number of para-hydroxylation sites is 2. The molecular weight excluding hydrogens is 381 g/mol. The van der Waals surface area contributed by atoms with E-state index in [0.717, 1.165) is 24.3 Å². The molecular formula is C19H12F5N3O. The molecule has 4 nitrogen and oxygen atoms in total. The lowest BCUT2D eigenvalue weighted by Crippen LogP contribution is -2.16. The van der Waals surface area contributed by atoms with Gasteiger partial charge in [0.05, 0.1) is 11.3 Å². The zero-order valence-electron chi connectivity index (χ0n) is 14.0. The number of nitrogens with zero attached hydrogens (tertiary/aromatic N) is 1. The summed E-state index contributed by atoms with van der Waals surface area (Å²) in [5.74, 6) is -2.86. The first-order valence-electron chi connectivity index (χ1n) is 7.90. The molecule has 0 aliphatic carbocycles. The molecule has 0 saturated heterocycles. The molecule has 0 atom stereocenters. The van der Waals surface area contributed by atoms with Crippen molar-refractivity contribution in [2.45, 2.75) is 6.18 Å². The van der Waals surface area contributed by atoms with Gasteiger partial charge in [0.25, 0.3) is 5.91 Å². The SMILES string of the molecule is O=C(Nc1c(F)cccc1F)c1cc(Nc2ccccc2C(F)(F)F)ccn1. The molecule has 3 aromatic rings. The molecule has 0 radical (unpaired) electrons. The van der Waals surface area contributed by atoms with Crippen LogP contribution in [0.1, 0.15) is 16.1 Å². The monoisotopic (exact) mass is 393 g/mol. The van der Waals surface area contributed by atoms with Crippen LogP contribution >= 0.6 is 0 Å². The van der Waals surface area contributed by atoms with Gasteiger partial charge in [0, 0.05) is 11.9 Å². The van der Waals surface area contributed by atoms with E-state index < -0.39 is 35.0 Å². The molecule has 2 aromatic carbocycles. The molecule has 9 heteroatoms. The van der Waals surface area contributed by atoms with Gasteiger partial charge in [0.1, 0.15) is 23.0 Å². The second kappa shape index (κ2) is 7.63. The molecule has 1 amide bonds. The Labute approximate surface area is 156 Å². The summed E-state index contributed by atoms with van der Waals surface area (Å²) in [5, 5.41) is 4.64. The molecule has 144 valence electrons. The predicted octanol–water partition coefficient (Wildman–Crippen LogP) is 5.37. The number of halogens is 5.